The number of benzene rings is 1. The minimum Gasteiger partial charge on any atom is -0.337 e. The lowest BCUT2D eigenvalue weighted by Gasteiger charge is -2.49. The van der Waals surface area contributed by atoms with Crippen LogP contribution in [-0.2, 0) is 16.8 Å². The molecule has 1 fully saturated rings. The van der Waals surface area contributed by atoms with Crippen molar-refractivity contribution in [2.24, 2.45) is 5.92 Å². The Kier molecular flexibility index (Phi) is 5.29. The molecule has 1 amide bonds. The van der Waals surface area contributed by atoms with Gasteiger partial charge in [-0.05, 0) is 50.0 Å². The number of piperidine rings is 1. The summed E-state index contributed by atoms with van der Waals surface area (Å²) in [5.74, 6) is 0.384. The Hall–Kier alpha value is -1.35. The van der Waals surface area contributed by atoms with E-state index in [4.69, 9.17) is 0 Å². The SMILES string of the molecule is CCCCN1CCC2(CC1)CN(C(=O)C(C)C)Cc1ccccc12. The van der Waals surface area contributed by atoms with E-state index in [1.54, 1.807) is 0 Å². The number of likely N-dealkylation sites (tertiary alicyclic amines) is 1. The summed E-state index contributed by atoms with van der Waals surface area (Å²) in [6.45, 7) is 11.5. The van der Waals surface area contributed by atoms with Crippen molar-refractivity contribution in [2.45, 2.75) is 58.4 Å². The summed E-state index contributed by atoms with van der Waals surface area (Å²) in [7, 11) is 0. The molecule has 1 saturated heterocycles. The van der Waals surface area contributed by atoms with Crippen LogP contribution in [0.4, 0.5) is 0 Å². The number of amides is 1. The number of fused-ring (bicyclic) bond motifs is 2. The molecule has 3 rings (SSSR count). The fourth-order valence-electron chi connectivity index (χ4n) is 4.42. The van der Waals surface area contributed by atoms with E-state index >= 15 is 0 Å². The minimum atomic E-state index is 0.0805. The van der Waals surface area contributed by atoms with Crippen LogP contribution in [0, 0.1) is 5.92 Å². The van der Waals surface area contributed by atoms with E-state index in [2.05, 4.69) is 41.0 Å². The summed E-state index contributed by atoms with van der Waals surface area (Å²) in [4.78, 5) is 17.4. The van der Waals surface area contributed by atoms with Gasteiger partial charge in [0.25, 0.3) is 0 Å². The largest absolute Gasteiger partial charge is 0.337 e. The lowest BCUT2D eigenvalue weighted by atomic mass is 9.68. The summed E-state index contributed by atoms with van der Waals surface area (Å²) < 4.78 is 0. The van der Waals surface area contributed by atoms with Gasteiger partial charge >= 0.3 is 0 Å². The monoisotopic (exact) mass is 328 g/mol. The zero-order chi connectivity index (χ0) is 17.2. The van der Waals surface area contributed by atoms with Gasteiger partial charge < -0.3 is 9.80 Å². The molecular formula is C21H32N2O. The first kappa shape index (κ1) is 17.5. The van der Waals surface area contributed by atoms with Gasteiger partial charge in [0.1, 0.15) is 0 Å². The highest BCUT2D eigenvalue weighted by molar-refractivity contribution is 5.78. The first-order valence-electron chi connectivity index (χ1n) is 9.65. The van der Waals surface area contributed by atoms with Crippen molar-refractivity contribution >= 4 is 5.91 Å². The Labute approximate surface area is 147 Å². The van der Waals surface area contributed by atoms with E-state index in [1.165, 1.54) is 43.4 Å². The average Bonchev–Trinajstić information content (AvgIpc) is 2.60. The molecule has 1 aromatic rings. The standard InChI is InChI=1S/C21H32N2O/c1-4-5-12-22-13-10-21(11-14-22)16-23(20(24)17(2)3)15-18-8-6-7-9-19(18)21/h6-9,17H,4-5,10-16H2,1-3H3. The molecule has 0 aromatic heterocycles. The van der Waals surface area contributed by atoms with Gasteiger partial charge in [0, 0.05) is 24.4 Å². The molecular weight excluding hydrogens is 296 g/mol. The highest BCUT2D eigenvalue weighted by Gasteiger charge is 2.43. The van der Waals surface area contributed by atoms with Gasteiger partial charge in [-0.1, -0.05) is 51.5 Å². The number of nitrogens with zero attached hydrogens (tertiary/aromatic N) is 2. The summed E-state index contributed by atoms with van der Waals surface area (Å²) in [5.41, 5.74) is 3.04. The molecule has 2 aliphatic heterocycles. The molecule has 0 bridgehead atoms. The number of carbonyl (C=O) groups is 1. The van der Waals surface area contributed by atoms with Crippen LogP contribution in [0.25, 0.3) is 0 Å². The molecule has 0 aliphatic carbocycles. The van der Waals surface area contributed by atoms with Crippen molar-refractivity contribution in [1.29, 1.82) is 0 Å². The van der Waals surface area contributed by atoms with Crippen LogP contribution in [0.5, 0.6) is 0 Å². The molecule has 0 saturated carbocycles. The van der Waals surface area contributed by atoms with Crippen LogP contribution in [0.2, 0.25) is 0 Å². The third-order valence-electron chi connectivity index (χ3n) is 5.89. The van der Waals surface area contributed by atoms with Crippen molar-refractivity contribution in [2.75, 3.05) is 26.2 Å². The van der Waals surface area contributed by atoms with Gasteiger partial charge in [-0.3, -0.25) is 4.79 Å². The van der Waals surface area contributed by atoms with E-state index in [0.717, 1.165) is 26.2 Å². The van der Waals surface area contributed by atoms with Crippen LogP contribution in [0.15, 0.2) is 24.3 Å². The molecule has 0 atom stereocenters. The van der Waals surface area contributed by atoms with Gasteiger partial charge in [0.15, 0.2) is 0 Å². The topological polar surface area (TPSA) is 23.6 Å². The minimum absolute atomic E-state index is 0.0805. The Morgan fingerprint density at radius 1 is 1.21 bits per heavy atom. The molecule has 0 N–H and O–H groups in total. The predicted molar refractivity (Wildman–Crippen MR) is 99.0 cm³/mol. The van der Waals surface area contributed by atoms with Crippen molar-refractivity contribution in [3.8, 4) is 0 Å². The molecule has 0 radical (unpaired) electrons. The van der Waals surface area contributed by atoms with Gasteiger partial charge in [0.05, 0.1) is 0 Å². The summed E-state index contributed by atoms with van der Waals surface area (Å²) >= 11 is 0. The Morgan fingerprint density at radius 2 is 1.92 bits per heavy atom. The van der Waals surface area contributed by atoms with Crippen molar-refractivity contribution in [1.82, 2.24) is 9.80 Å². The third-order valence-corrected chi connectivity index (χ3v) is 5.89. The fraction of sp³-hybridized carbons (Fsp3) is 0.667. The molecule has 2 heterocycles. The van der Waals surface area contributed by atoms with Crippen molar-refractivity contribution < 1.29 is 4.79 Å². The van der Waals surface area contributed by atoms with Crippen molar-refractivity contribution in [3.63, 3.8) is 0 Å². The lowest BCUT2D eigenvalue weighted by molar-refractivity contribution is -0.137. The Bertz CT molecular complexity index is 573. The van der Waals surface area contributed by atoms with Crippen LogP contribution < -0.4 is 0 Å². The first-order chi connectivity index (χ1) is 11.6. The normalized spacial score (nSPS) is 20.4. The maximum atomic E-state index is 12.7. The summed E-state index contributed by atoms with van der Waals surface area (Å²) in [6, 6.07) is 8.82. The molecule has 2 aliphatic rings. The van der Waals surface area contributed by atoms with Gasteiger partial charge in [-0.2, -0.15) is 0 Å². The number of carbonyl (C=O) groups excluding carboxylic acids is 1. The fourth-order valence-corrected chi connectivity index (χ4v) is 4.42. The molecule has 3 heteroatoms. The second-order valence-corrected chi connectivity index (χ2v) is 7.98. The Balaban J connectivity index is 1.82. The van der Waals surface area contributed by atoms with E-state index < -0.39 is 0 Å². The molecule has 3 nitrogen and oxygen atoms in total. The highest BCUT2D eigenvalue weighted by Crippen LogP contribution is 2.42. The number of rotatable bonds is 4. The smallest absolute Gasteiger partial charge is 0.225 e. The number of hydrogen-bond acceptors (Lipinski definition) is 2. The quantitative estimate of drug-likeness (QED) is 0.839. The van der Waals surface area contributed by atoms with Gasteiger partial charge in [-0.15, -0.1) is 0 Å². The summed E-state index contributed by atoms with van der Waals surface area (Å²) in [6.07, 6.45) is 4.91. The van der Waals surface area contributed by atoms with E-state index in [0.29, 0.717) is 5.91 Å². The van der Waals surface area contributed by atoms with E-state index in [1.807, 2.05) is 13.8 Å². The zero-order valence-corrected chi connectivity index (χ0v) is 15.6. The molecule has 1 spiro atoms. The number of unbranched alkanes of at least 4 members (excludes halogenated alkanes) is 1. The van der Waals surface area contributed by atoms with Crippen LogP contribution >= 0.6 is 0 Å². The predicted octanol–water partition coefficient (Wildman–Crippen LogP) is 3.82. The van der Waals surface area contributed by atoms with E-state index in [-0.39, 0.29) is 11.3 Å². The second kappa shape index (κ2) is 7.26. The van der Waals surface area contributed by atoms with Gasteiger partial charge in [0.2, 0.25) is 5.91 Å². The van der Waals surface area contributed by atoms with Gasteiger partial charge in [-0.25, -0.2) is 0 Å². The molecule has 0 unspecified atom stereocenters. The molecule has 132 valence electrons. The maximum absolute atomic E-state index is 12.7. The molecule has 1 aromatic carbocycles. The van der Waals surface area contributed by atoms with E-state index in [9.17, 15) is 4.79 Å². The maximum Gasteiger partial charge on any atom is 0.225 e. The van der Waals surface area contributed by atoms with Crippen molar-refractivity contribution in [3.05, 3.63) is 35.4 Å². The first-order valence-corrected chi connectivity index (χ1v) is 9.65. The zero-order valence-electron chi connectivity index (χ0n) is 15.6. The van der Waals surface area contributed by atoms with Crippen LogP contribution in [0.1, 0.15) is 57.6 Å². The third kappa shape index (κ3) is 3.37. The molecule has 24 heavy (non-hydrogen) atoms. The summed E-state index contributed by atoms with van der Waals surface area (Å²) in [5, 5.41) is 0. The van der Waals surface area contributed by atoms with Crippen LogP contribution in [-0.4, -0.2) is 41.9 Å². The lowest BCUT2D eigenvalue weighted by Crippen LogP contribution is -2.53. The second-order valence-electron chi connectivity index (χ2n) is 7.98. The highest BCUT2D eigenvalue weighted by atomic mass is 16.2. The number of hydrogen-bond donors (Lipinski definition) is 0. The average molecular weight is 328 g/mol. The Morgan fingerprint density at radius 3 is 2.58 bits per heavy atom. The van der Waals surface area contributed by atoms with Crippen LogP contribution in [0.3, 0.4) is 0 Å².